The minimum atomic E-state index is -0.435. The van der Waals surface area contributed by atoms with E-state index in [-0.39, 0.29) is 11.8 Å². The maximum absolute atomic E-state index is 13.1. The third-order valence-corrected chi connectivity index (χ3v) is 2.51. The fourth-order valence-electron chi connectivity index (χ4n) is 1.51. The zero-order chi connectivity index (χ0) is 12.8. The van der Waals surface area contributed by atoms with Crippen LogP contribution in [-0.2, 0) is 9.53 Å². The standard InChI is InChI=1S/C13H18FNO2/c1-4-11(13(16)17-5-2)15-12-8-10(14)7-6-9(12)3/h6-8,11,15H,4-5H2,1-3H3. The molecule has 0 heterocycles. The van der Waals surface area contributed by atoms with Gasteiger partial charge in [-0.3, -0.25) is 0 Å². The van der Waals surface area contributed by atoms with Gasteiger partial charge < -0.3 is 10.1 Å². The molecule has 0 aliphatic rings. The minimum Gasteiger partial charge on any atom is -0.464 e. The van der Waals surface area contributed by atoms with Gasteiger partial charge in [-0.15, -0.1) is 0 Å². The number of esters is 1. The Labute approximate surface area is 101 Å². The summed E-state index contributed by atoms with van der Waals surface area (Å²) in [5, 5.41) is 3.01. The van der Waals surface area contributed by atoms with E-state index in [2.05, 4.69) is 5.32 Å². The number of hydrogen-bond acceptors (Lipinski definition) is 3. The van der Waals surface area contributed by atoms with Gasteiger partial charge in [-0.2, -0.15) is 0 Å². The van der Waals surface area contributed by atoms with Gasteiger partial charge >= 0.3 is 5.97 Å². The molecular formula is C13H18FNO2. The third-order valence-electron chi connectivity index (χ3n) is 2.51. The first-order valence-corrected chi connectivity index (χ1v) is 5.77. The Morgan fingerprint density at radius 3 is 2.76 bits per heavy atom. The van der Waals surface area contributed by atoms with Gasteiger partial charge in [-0.05, 0) is 38.0 Å². The van der Waals surface area contributed by atoms with Crippen molar-refractivity contribution in [3.63, 3.8) is 0 Å². The van der Waals surface area contributed by atoms with E-state index in [1.165, 1.54) is 12.1 Å². The fraction of sp³-hybridized carbons (Fsp3) is 0.462. The van der Waals surface area contributed by atoms with E-state index in [4.69, 9.17) is 4.74 Å². The number of hydrogen-bond donors (Lipinski definition) is 1. The molecule has 1 aromatic rings. The van der Waals surface area contributed by atoms with Crippen LogP contribution in [0.25, 0.3) is 0 Å². The highest BCUT2D eigenvalue weighted by molar-refractivity contribution is 5.79. The lowest BCUT2D eigenvalue weighted by Crippen LogP contribution is -2.31. The molecular weight excluding hydrogens is 221 g/mol. The Bertz CT molecular complexity index is 393. The average molecular weight is 239 g/mol. The van der Waals surface area contributed by atoms with Gasteiger partial charge in [0.1, 0.15) is 11.9 Å². The van der Waals surface area contributed by atoms with E-state index in [1.807, 2.05) is 13.8 Å². The van der Waals surface area contributed by atoms with Crippen LogP contribution < -0.4 is 5.32 Å². The zero-order valence-electron chi connectivity index (χ0n) is 10.4. The summed E-state index contributed by atoms with van der Waals surface area (Å²) in [5.74, 6) is -0.629. The van der Waals surface area contributed by atoms with E-state index >= 15 is 0 Å². The lowest BCUT2D eigenvalue weighted by atomic mass is 10.1. The van der Waals surface area contributed by atoms with E-state index in [0.717, 1.165) is 5.56 Å². The molecule has 3 nitrogen and oxygen atoms in total. The monoisotopic (exact) mass is 239 g/mol. The Kier molecular flexibility index (Phi) is 4.94. The van der Waals surface area contributed by atoms with Crippen molar-refractivity contribution in [3.05, 3.63) is 29.6 Å². The topological polar surface area (TPSA) is 38.3 Å². The molecule has 0 amide bonds. The van der Waals surface area contributed by atoms with Gasteiger partial charge in [0.05, 0.1) is 6.61 Å². The van der Waals surface area contributed by atoms with Crippen molar-refractivity contribution in [3.8, 4) is 0 Å². The molecule has 0 bridgehead atoms. The highest BCUT2D eigenvalue weighted by Crippen LogP contribution is 2.18. The molecule has 0 aromatic heterocycles. The smallest absolute Gasteiger partial charge is 0.328 e. The van der Waals surface area contributed by atoms with Crippen LogP contribution in [0.1, 0.15) is 25.8 Å². The van der Waals surface area contributed by atoms with Crippen molar-refractivity contribution >= 4 is 11.7 Å². The molecule has 94 valence electrons. The number of carbonyl (C=O) groups is 1. The number of carbonyl (C=O) groups excluding carboxylic acids is 1. The van der Waals surface area contributed by atoms with Crippen LogP contribution in [0.15, 0.2) is 18.2 Å². The Morgan fingerprint density at radius 1 is 1.47 bits per heavy atom. The highest BCUT2D eigenvalue weighted by atomic mass is 19.1. The van der Waals surface area contributed by atoms with Crippen molar-refractivity contribution in [2.75, 3.05) is 11.9 Å². The predicted molar refractivity (Wildman–Crippen MR) is 65.5 cm³/mol. The van der Waals surface area contributed by atoms with Crippen molar-refractivity contribution in [2.45, 2.75) is 33.2 Å². The molecule has 0 spiro atoms. The molecule has 4 heteroatoms. The maximum Gasteiger partial charge on any atom is 0.328 e. The molecule has 0 aliphatic carbocycles. The molecule has 1 N–H and O–H groups in total. The number of ether oxygens (including phenoxy) is 1. The van der Waals surface area contributed by atoms with E-state index < -0.39 is 6.04 Å². The van der Waals surface area contributed by atoms with Gasteiger partial charge in [0.15, 0.2) is 0 Å². The lowest BCUT2D eigenvalue weighted by molar-refractivity contribution is -0.144. The molecule has 1 atom stereocenters. The van der Waals surface area contributed by atoms with E-state index in [1.54, 1.807) is 13.0 Å². The van der Waals surface area contributed by atoms with Crippen molar-refractivity contribution in [2.24, 2.45) is 0 Å². The van der Waals surface area contributed by atoms with Crippen molar-refractivity contribution in [1.29, 1.82) is 0 Å². The highest BCUT2D eigenvalue weighted by Gasteiger charge is 2.18. The van der Waals surface area contributed by atoms with Crippen LogP contribution in [0.2, 0.25) is 0 Å². The van der Waals surface area contributed by atoms with Crippen LogP contribution in [0.5, 0.6) is 0 Å². The molecule has 0 fully saturated rings. The summed E-state index contributed by atoms with van der Waals surface area (Å²) in [7, 11) is 0. The Balaban J connectivity index is 2.80. The number of nitrogens with one attached hydrogen (secondary N) is 1. The van der Waals surface area contributed by atoms with Gasteiger partial charge in [0.2, 0.25) is 0 Å². The summed E-state index contributed by atoms with van der Waals surface area (Å²) in [6.07, 6.45) is 0.592. The molecule has 1 rings (SSSR count). The molecule has 0 saturated carbocycles. The van der Waals surface area contributed by atoms with Crippen LogP contribution in [-0.4, -0.2) is 18.6 Å². The first kappa shape index (κ1) is 13.5. The third kappa shape index (κ3) is 3.73. The van der Waals surface area contributed by atoms with Crippen molar-refractivity contribution < 1.29 is 13.9 Å². The fourth-order valence-corrected chi connectivity index (χ4v) is 1.51. The second kappa shape index (κ2) is 6.23. The molecule has 0 aliphatic heterocycles. The number of halogens is 1. The minimum absolute atomic E-state index is 0.307. The Hall–Kier alpha value is -1.58. The quantitative estimate of drug-likeness (QED) is 0.803. The second-order valence-corrected chi connectivity index (χ2v) is 3.82. The maximum atomic E-state index is 13.1. The molecule has 0 saturated heterocycles. The summed E-state index contributed by atoms with van der Waals surface area (Å²) in [5.41, 5.74) is 1.53. The van der Waals surface area contributed by atoms with Gasteiger partial charge in [-0.25, -0.2) is 9.18 Å². The zero-order valence-corrected chi connectivity index (χ0v) is 10.4. The normalized spacial score (nSPS) is 12.0. The number of aryl methyl sites for hydroxylation is 1. The summed E-state index contributed by atoms with van der Waals surface area (Å²) in [4.78, 5) is 11.6. The van der Waals surface area contributed by atoms with Crippen LogP contribution in [0.3, 0.4) is 0 Å². The molecule has 0 radical (unpaired) electrons. The van der Waals surface area contributed by atoms with E-state index in [9.17, 15) is 9.18 Å². The van der Waals surface area contributed by atoms with Gasteiger partial charge in [0, 0.05) is 5.69 Å². The number of rotatable bonds is 5. The lowest BCUT2D eigenvalue weighted by Gasteiger charge is -2.18. The summed E-state index contributed by atoms with van der Waals surface area (Å²) in [6, 6.07) is 4.02. The molecule has 1 unspecified atom stereocenters. The van der Waals surface area contributed by atoms with Crippen LogP contribution in [0.4, 0.5) is 10.1 Å². The average Bonchev–Trinajstić information content (AvgIpc) is 2.30. The van der Waals surface area contributed by atoms with Crippen molar-refractivity contribution in [1.82, 2.24) is 0 Å². The largest absolute Gasteiger partial charge is 0.464 e. The summed E-state index contributed by atoms with van der Waals surface area (Å²) < 4.78 is 18.0. The summed E-state index contributed by atoms with van der Waals surface area (Å²) in [6.45, 7) is 5.85. The second-order valence-electron chi connectivity index (χ2n) is 3.82. The first-order valence-electron chi connectivity index (χ1n) is 5.77. The van der Waals surface area contributed by atoms with Gasteiger partial charge in [0.25, 0.3) is 0 Å². The SMILES string of the molecule is CCOC(=O)C(CC)Nc1cc(F)ccc1C. The first-order chi connectivity index (χ1) is 8.08. The molecule has 17 heavy (non-hydrogen) atoms. The number of benzene rings is 1. The summed E-state index contributed by atoms with van der Waals surface area (Å²) >= 11 is 0. The van der Waals surface area contributed by atoms with Crippen LogP contribution >= 0.6 is 0 Å². The van der Waals surface area contributed by atoms with E-state index in [0.29, 0.717) is 18.7 Å². The predicted octanol–water partition coefficient (Wildman–Crippen LogP) is 2.89. The van der Waals surface area contributed by atoms with Gasteiger partial charge in [-0.1, -0.05) is 13.0 Å². The van der Waals surface area contributed by atoms with Crippen LogP contribution in [0, 0.1) is 12.7 Å². The Morgan fingerprint density at radius 2 is 2.18 bits per heavy atom. The number of anilines is 1. The molecule has 1 aromatic carbocycles.